The maximum absolute atomic E-state index is 14.4. The molecule has 3 fully saturated rings. The molecular weight excluding hydrogens is 596 g/mol. The topological polar surface area (TPSA) is 62.2 Å². The number of ether oxygens (including phenoxy) is 2. The number of hydrogen-bond acceptors (Lipinski definition) is 5. The molecule has 6 heteroatoms. The molecule has 1 amide bonds. The Bertz CT molecular complexity index is 1580. The summed E-state index contributed by atoms with van der Waals surface area (Å²) in [5, 5.41) is 10.2. The van der Waals surface area contributed by atoms with E-state index in [1.165, 1.54) is 22.3 Å². The van der Waals surface area contributed by atoms with Crippen LogP contribution in [0.4, 0.5) is 0 Å². The number of carbonyl (C=O) groups excluding carboxylic acids is 1. The first-order chi connectivity index (χ1) is 23.6. The van der Waals surface area contributed by atoms with Crippen molar-refractivity contribution < 1.29 is 19.4 Å². The van der Waals surface area contributed by atoms with Crippen molar-refractivity contribution in [1.29, 1.82) is 0 Å². The number of hydrogen-bond donors (Lipinski definition) is 1. The van der Waals surface area contributed by atoms with Crippen LogP contribution in [0.5, 0.6) is 11.5 Å². The molecule has 2 aliphatic heterocycles. The van der Waals surface area contributed by atoms with Crippen molar-refractivity contribution in [3.05, 3.63) is 95.1 Å². The van der Waals surface area contributed by atoms with E-state index in [9.17, 15) is 9.90 Å². The highest BCUT2D eigenvalue weighted by atomic mass is 16.5. The summed E-state index contributed by atoms with van der Waals surface area (Å²) in [7, 11) is 1.75. The molecule has 5 aliphatic rings. The number of rotatable bonds is 14. The highest BCUT2D eigenvalue weighted by Crippen LogP contribution is 2.64. The highest BCUT2D eigenvalue weighted by molar-refractivity contribution is 5.77. The summed E-state index contributed by atoms with van der Waals surface area (Å²) in [5.41, 5.74) is 5.39. The third-order valence-corrected chi connectivity index (χ3v) is 12.6. The fourth-order valence-corrected chi connectivity index (χ4v) is 10.2. The number of aryl methyl sites for hydroxylation is 2. The lowest BCUT2D eigenvalue weighted by Gasteiger charge is -2.60. The predicted molar refractivity (Wildman–Crippen MR) is 188 cm³/mol. The van der Waals surface area contributed by atoms with Gasteiger partial charge in [-0.05, 0) is 99.4 Å². The highest BCUT2D eigenvalue weighted by Gasteiger charge is 2.67. The van der Waals surface area contributed by atoms with Crippen LogP contribution in [0.1, 0.15) is 80.0 Å². The van der Waals surface area contributed by atoms with Crippen LogP contribution in [0.2, 0.25) is 0 Å². The summed E-state index contributed by atoms with van der Waals surface area (Å²) in [6.45, 7) is 2.79. The number of aliphatic hydroxyl groups excluding tert-OH is 1. The molecule has 254 valence electrons. The van der Waals surface area contributed by atoms with E-state index in [2.05, 4.69) is 82.6 Å². The number of piperidine rings is 1. The Morgan fingerprint density at radius 2 is 1.69 bits per heavy atom. The zero-order chi connectivity index (χ0) is 32.7. The lowest BCUT2D eigenvalue weighted by atomic mass is 9.51. The van der Waals surface area contributed by atoms with Gasteiger partial charge in [0.2, 0.25) is 5.91 Å². The first-order valence-electron chi connectivity index (χ1n) is 18.7. The van der Waals surface area contributed by atoms with Crippen molar-refractivity contribution in [3.63, 3.8) is 0 Å². The summed E-state index contributed by atoms with van der Waals surface area (Å²) < 4.78 is 13.1. The van der Waals surface area contributed by atoms with Crippen LogP contribution in [0.3, 0.4) is 0 Å². The van der Waals surface area contributed by atoms with Gasteiger partial charge in [0.15, 0.2) is 11.5 Å². The summed E-state index contributed by atoms with van der Waals surface area (Å²) in [5.74, 6) is 2.98. The molecule has 6 nitrogen and oxygen atoms in total. The molecule has 3 aromatic rings. The Balaban J connectivity index is 1.05. The summed E-state index contributed by atoms with van der Waals surface area (Å²) >= 11 is 0. The van der Waals surface area contributed by atoms with Crippen LogP contribution in [-0.4, -0.2) is 71.8 Å². The lowest BCUT2D eigenvalue weighted by molar-refractivity contribution is -0.143. The second kappa shape index (κ2) is 13.5. The van der Waals surface area contributed by atoms with Gasteiger partial charge in [-0.15, -0.1) is 0 Å². The molecule has 2 saturated carbocycles. The molecule has 48 heavy (non-hydrogen) atoms. The van der Waals surface area contributed by atoms with Gasteiger partial charge >= 0.3 is 0 Å². The normalized spacial score (nSPS) is 29.5. The first-order valence-corrected chi connectivity index (χ1v) is 18.7. The van der Waals surface area contributed by atoms with E-state index in [4.69, 9.17) is 9.47 Å². The number of carbonyl (C=O) groups is 1. The van der Waals surface area contributed by atoms with Crippen molar-refractivity contribution in [3.8, 4) is 11.5 Å². The fourth-order valence-electron chi connectivity index (χ4n) is 10.2. The first kappa shape index (κ1) is 31.9. The van der Waals surface area contributed by atoms with Crippen LogP contribution >= 0.6 is 0 Å². The SMILES string of the molecule is COc1ccc2c3c1O[C@H]1[C@@H](N(CCCc4ccccc4)C(=O)CCCCCc4ccccc4)CC[C@H]4[C@@H](C2)N(CC2CC2O)CC[C@@]341. The molecule has 1 saturated heterocycles. The van der Waals surface area contributed by atoms with E-state index >= 15 is 0 Å². The second-order valence-corrected chi connectivity index (χ2v) is 15.3. The summed E-state index contributed by atoms with van der Waals surface area (Å²) in [6.07, 6.45) is 11.6. The number of unbranched alkanes of at least 4 members (excludes halogenated alkanes) is 2. The van der Waals surface area contributed by atoms with Gasteiger partial charge in [0.05, 0.1) is 19.3 Å². The third kappa shape index (κ3) is 5.83. The Hall–Kier alpha value is -3.35. The standard InChI is InChI=1S/C42H52N2O4/c1-47-37-22-19-31-26-35-33-20-21-34(41-42(33,39(31)40(37)48-41)23-25-43(35)28-32-27-36(32)45)44(24-11-17-30-15-7-3-8-16-30)38(46)18-10-4-9-14-29-12-5-2-6-13-29/h2-3,5-8,12-13,15-16,19,22,32-36,41,45H,4,9-11,14,17-18,20-21,23-28H2,1H3/t32?,33-,34-,35+,36?,41-,42-/m0/s1. The molecule has 1 N–H and O–H groups in total. The minimum atomic E-state index is -0.125. The molecule has 8 rings (SSSR count). The predicted octanol–water partition coefficient (Wildman–Crippen LogP) is 6.75. The van der Waals surface area contributed by atoms with E-state index in [1.54, 1.807) is 7.11 Å². The van der Waals surface area contributed by atoms with E-state index in [1.807, 2.05) is 0 Å². The van der Waals surface area contributed by atoms with E-state index in [0.29, 0.717) is 30.2 Å². The van der Waals surface area contributed by atoms with E-state index in [-0.39, 0.29) is 23.7 Å². The van der Waals surface area contributed by atoms with E-state index < -0.39 is 0 Å². The smallest absolute Gasteiger partial charge is 0.222 e. The average molecular weight is 649 g/mol. The third-order valence-electron chi connectivity index (χ3n) is 12.6. The molecule has 2 bridgehead atoms. The zero-order valence-electron chi connectivity index (χ0n) is 28.6. The van der Waals surface area contributed by atoms with Gasteiger partial charge in [0.25, 0.3) is 0 Å². The Morgan fingerprint density at radius 1 is 0.958 bits per heavy atom. The van der Waals surface area contributed by atoms with Gasteiger partial charge in [0, 0.05) is 42.4 Å². The monoisotopic (exact) mass is 648 g/mol. The molecular formula is C42H52N2O4. The van der Waals surface area contributed by atoms with E-state index in [0.717, 1.165) is 102 Å². The molecule has 2 unspecified atom stereocenters. The number of amides is 1. The molecule has 0 aromatic heterocycles. The quantitative estimate of drug-likeness (QED) is 0.196. The fraction of sp³-hybridized carbons (Fsp3) is 0.548. The largest absolute Gasteiger partial charge is 0.493 e. The van der Waals surface area contributed by atoms with Crippen molar-refractivity contribution in [2.75, 3.05) is 26.7 Å². The number of benzene rings is 3. The molecule has 0 radical (unpaired) electrons. The molecule has 3 aliphatic carbocycles. The summed E-state index contributed by atoms with van der Waals surface area (Å²) in [6, 6.07) is 26.3. The summed E-state index contributed by atoms with van der Waals surface area (Å²) in [4.78, 5) is 19.3. The maximum atomic E-state index is 14.4. The number of likely N-dealkylation sites (tertiary alicyclic amines) is 1. The van der Waals surface area contributed by atoms with Crippen LogP contribution in [0, 0.1) is 11.8 Å². The zero-order valence-corrected chi connectivity index (χ0v) is 28.6. The molecule has 1 spiro atoms. The van der Waals surface area contributed by atoms with Crippen molar-refractivity contribution >= 4 is 5.91 Å². The maximum Gasteiger partial charge on any atom is 0.222 e. The van der Waals surface area contributed by atoms with Gasteiger partial charge in [0.1, 0.15) is 6.10 Å². The van der Waals surface area contributed by atoms with Crippen molar-refractivity contribution in [1.82, 2.24) is 9.80 Å². The molecule has 7 atom stereocenters. The van der Waals surface area contributed by atoms with Crippen LogP contribution in [0.15, 0.2) is 72.8 Å². The van der Waals surface area contributed by atoms with Crippen molar-refractivity contribution in [2.45, 2.75) is 107 Å². The van der Waals surface area contributed by atoms with Crippen LogP contribution in [0.25, 0.3) is 0 Å². The van der Waals surface area contributed by atoms with Gasteiger partial charge in [-0.2, -0.15) is 0 Å². The van der Waals surface area contributed by atoms with Gasteiger partial charge in [-0.25, -0.2) is 0 Å². The van der Waals surface area contributed by atoms with Gasteiger partial charge < -0.3 is 19.5 Å². The number of methoxy groups -OCH3 is 1. The minimum Gasteiger partial charge on any atom is -0.493 e. The van der Waals surface area contributed by atoms with Gasteiger partial charge in [-0.1, -0.05) is 73.2 Å². The second-order valence-electron chi connectivity index (χ2n) is 15.3. The molecule has 3 aromatic carbocycles. The van der Waals surface area contributed by atoms with Crippen molar-refractivity contribution in [2.24, 2.45) is 11.8 Å². The van der Waals surface area contributed by atoms with Crippen LogP contribution < -0.4 is 9.47 Å². The lowest BCUT2D eigenvalue weighted by Crippen LogP contribution is -2.69. The Morgan fingerprint density at radius 3 is 2.40 bits per heavy atom. The molecule has 2 heterocycles. The Labute approximate surface area is 286 Å². The van der Waals surface area contributed by atoms with Gasteiger partial charge in [-0.3, -0.25) is 9.69 Å². The number of nitrogens with zero attached hydrogens (tertiary/aromatic N) is 2. The minimum absolute atomic E-state index is 0.0503. The Kier molecular flexibility index (Phi) is 8.98. The van der Waals surface area contributed by atoms with Crippen LogP contribution in [-0.2, 0) is 29.5 Å². The average Bonchev–Trinajstić information content (AvgIpc) is 3.70. The number of aliphatic hydroxyl groups is 1.